The van der Waals surface area contributed by atoms with Gasteiger partial charge in [-0.25, -0.2) is 4.68 Å². The van der Waals surface area contributed by atoms with Gasteiger partial charge in [-0.1, -0.05) is 54.6 Å². The number of ether oxygens (including phenoxy) is 1. The summed E-state index contributed by atoms with van der Waals surface area (Å²) < 4.78 is 7.07. The molecule has 0 saturated heterocycles. The monoisotopic (exact) mass is 494 g/mol. The second kappa shape index (κ2) is 11.2. The molecule has 0 bridgehead atoms. The van der Waals surface area contributed by atoms with E-state index in [1.54, 1.807) is 7.11 Å². The van der Waals surface area contributed by atoms with Crippen LogP contribution >= 0.6 is 0 Å². The molecule has 0 aliphatic carbocycles. The first-order chi connectivity index (χ1) is 18.1. The Bertz CT molecular complexity index is 1530. The summed E-state index contributed by atoms with van der Waals surface area (Å²) in [5.74, 6) is 1.56. The molecule has 0 saturated carbocycles. The summed E-state index contributed by atoms with van der Waals surface area (Å²) in [5.41, 5.74) is 4.94. The van der Waals surface area contributed by atoms with Gasteiger partial charge in [0.05, 0.1) is 20.2 Å². The summed E-state index contributed by atoms with van der Waals surface area (Å²) in [7, 11) is 1.65. The number of fused-ring (bicyclic) bond motifs is 1. The smallest absolute Gasteiger partial charge is 0.252 e. The number of H-pyrrole nitrogens is 1. The molecule has 8 nitrogen and oxygen atoms in total. The van der Waals surface area contributed by atoms with E-state index in [0.717, 1.165) is 52.1 Å². The molecule has 0 amide bonds. The van der Waals surface area contributed by atoms with E-state index in [2.05, 4.69) is 43.6 Å². The Labute approximate surface area is 215 Å². The van der Waals surface area contributed by atoms with Crippen molar-refractivity contribution < 1.29 is 4.74 Å². The fourth-order valence-corrected chi connectivity index (χ4v) is 4.43. The Hall–Kier alpha value is -4.30. The van der Waals surface area contributed by atoms with E-state index in [1.165, 1.54) is 5.56 Å². The van der Waals surface area contributed by atoms with Crippen molar-refractivity contribution in [3.63, 3.8) is 0 Å². The van der Waals surface area contributed by atoms with Gasteiger partial charge in [0.25, 0.3) is 5.56 Å². The summed E-state index contributed by atoms with van der Waals surface area (Å²) in [4.78, 5) is 18.3. The van der Waals surface area contributed by atoms with Crippen molar-refractivity contribution in [3.05, 3.63) is 117 Å². The molecule has 37 heavy (non-hydrogen) atoms. The molecule has 188 valence electrons. The number of hydrogen-bond acceptors (Lipinski definition) is 6. The molecule has 2 aromatic heterocycles. The number of aryl methyl sites for hydroxylation is 1. The van der Waals surface area contributed by atoms with Gasteiger partial charge in [-0.3, -0.25) is 9.69 Å². The number of methoxy groups -OCH3 is 1. The number of benzene rings is 3. The summed E-state index contributed by atoms with van der Waals surface area (Å²) in [6.07, 6.45) is 0.853. The van der Waals surface area contributed by atoms with Crippen molar-refractivity contribution in [1.82, 2.24) is 30.1 Å². The molecular weight excluding hydrogens is 464 g/mol. The zero-order valence-corrected chi connectivity index (χ0v) is 21.1. The number of nitrogens with one attached hydrogen (secondary N) is 1. The van der Waals surface area contributed by atoms with Crippen LogP contribution in [0.25, 0.3) is 10.9 Å². The number of pyridine rings is 1. The lowest BCUT2D eigenvalue weighted by Gasteiger charge is -2.22. The van der Waals surface area contributed by atoms with Crippen molar-refractivity contribution in [2.45, 2.75) is 33.0 Å². The van der Waals surface area contributed by atoms with E-state index in [1.807, 2.05) is 72.3 Å². The fourth-order valence-electron chi connectivity index (χ4n) is 4.43. The molecule has 0 aliphatic rings. The molecule has 5 aromatic rings. The zero-order chi connectivity index (χ0) is 25.6. The maximum absolute atomic E-state index is 13.0. The second-order valence-corrected chi connectivity index (χ2v) is 9.26. The van der Waals surface area contributed by atoms with E-state index in [9.17, 15) is 4.79 Å². The number of rotatable bonds is 10. The van der Waals surface area contributed by atoms with Gasteiger partial charge in [0.1, 0.15) is 5.75 Å². The first-order valence-corrected chi connectivity index (χ1v) is 12.3. The van der Waals surface area contributed by atoms with Crippen molar-refractivity contribution in [2.75, 3.05) is 13.7 Å². The van der Waals surface area contributed by atoms with Gasteiger partial charge in [-0.15, -0.1) is 5.10 Å². The summed E-state index contributed by atoms with van der Waals surface area (Å²) in [6.45, 7) is 4.33. The third-order valence-corrected chi connectivity index (χ3v) is 6.49. The second-order valence-electron chi connectivity index (χ2n) is 9.26. The standard InChI is InChI=1S/C29H30N6O2/c1-21-8-11-24-17-25(29(36)30-27(24)16-21)19-34(15-14-22-6-4-3-5-7-22)20-28-31-32-33-35(28)18-23-9-12-26(37-2)13-10-23/h3-13,16-17H,14-15,18-20H2,1-2H3,(H,30,36). The van der Waals surface area contributed by atoms with E-state index in [-0.39, 0.29) is 5.56 Å². The first kappa shape index (κ1) is 24.4. The largest absolute Gasteiger partial charge is 0.497 e. The molecule has 0 fully saturated rings. The average Bonchev–Trinajstić information content (AvgIpc) is 3.35. The molecule has 5 rings (SSSR count). The highest BCUT2D eigenvalue weighted by Gasteiger charge is 2.16. The molecule has 2 heterocycles. The van der Waals surface area contributed by atoms with Crippen LogP contribution in [0, 0.1) is 6.92 Å². The van der Waals surface area contributed by atoms with Gasteiger partial charge in [0.15, 0.2) is 5.82 Å². The highest BCUT2D eigenvalue weighted by Crippen LogP contribution is 2.16. The summed E-state index contributed by atoms with van der Waals surface area (Å²) in [5, 5.41) is 13.5. The lowest BCUT2D eigenvalue weighted by Crippen LogP contribution is -2.30. The van der Waals surface area contributed by atoms with Gasteiger partial charge in [-0.2, -0.15) is 0 Å². The van der Waals surface area contributed by atoms with Crippen LogP contribution in [-0.4, -0.2) is 43.7 Å². The highest BCUT2D eigenvalue weighted by molar-refractivity contribution is 5.79. The molecule has 0 spiro atoms. The zero-order valence-electron chi connectivity index (χ0n) is 21.1. The number of tetrazole rings is 1. The molecule has 0 unspecified atom stereocenters. The van der Waals surface area contributed by atoms with Gasteiger partial charge in [0.2, 0.25) is 0 Å². The van der Waals surface area contributed by atoms with E-state index >= 15 is 0 Å². The quantitative estimate of drug-likeness (QED) is 0.314. The van der Waals surface area contributed by atoms with Crippen molar-refractivity contribution >= 4 is 10.9 Å². The predicted octanol–water partition coefficient (Wildman–Crippen LogP) is 4.12. The molecule has 3 aromatic carbocycles. The van der Waals surface area contributed by atoms with Gasteiger partial charge < -0.3 is 9.72 Å². The Morgan fingerprint density at radius 1 is 0.946 bits per heavy atom. The van der Waals surface area contributed by atoms with E-state index < -0.39 is 0 Å². The van der Waals surface area contributed by atoms with Crippen LogP contribution in [0.2, 0.25) is 0 Å². The maximum Gasteiger partial charge on any atom is 0.252 e. The molecule has 1 N–H and O–H groups in total. The minimum atomic E-state index is -0.0689. The lowest BCUT2D eigenvalue weighted by atomic mass is 10.1. The van der Waals surface area contributed by atoms with Gasteiger partial charge in [0, 0.05) is 24.2 Å². The average molecular weight is 495 g/mol. The van der Waals surface area contributed by atoms with Crippen LogP contribution in [0.4, 0.5) is 0 Å². The first-order valence-electron chi connectivity index (χ1n) is 12.3. The van der Waals surface area contributed by atoms with E-state index in [4.69, 9.17) is 4.74 Å². The molecule has 8 heteroatoms. The summed E-state index contributed by atoms with van der Waals surface area (Å²) >= 11 is 0. The van der Waals surface area contributed by atoms with Crippen molar-refractivity contribution in [1.29, 1.82) is 0 Å². The third kappa shape index (κ3) is 6.10. The van der Waals surface area contributed by atoms with Crippen LogP contribution in [0.3, 0.4) is 0 Å². The maximum atomic E-state index is 13.0. The Morgan fingerprint density at radius 3 is 2.54 bits per heavy atom. The number of aromatic nitrogens is 5. The van der Waals surface area contributed by atoms with Gasteiger partial charge in [-0.05, 0) is 70.1 Å². The predicted molar refractivity (Wildman–Crippen MR) is 143 cm³/mol. The van der Waals surface area contributed by atoms with Crippen molar-refractivity contribution in [3.8, 4) is 5.75 Å². The van der Waals surface area contributed by atoms with Crippen LogP contribution in [0.5, 0.6) is 5.75 Å². The Kier molecular flexibility index (Phi) is 7.37. The third-order valence-electron chi connectivity index (χ3n) is 6.49. The Morgan fingerprint density at radius 2 is 1.76 bits per heavy atom. The van der Waals surface area contributed by atoms with Crippen LogP contribution in [0.15, 0.2) is 83.7 Å². The van der Waals surface area contributed by atoms with Crippen LogP contribution in [-0.2, 0) is 26.1 Å². The topological polar surface area (TPSA) is 88.9 Å². The van der Waals surface area contributed by atoms with Crippen LogP contribution in [0.1, 0.15) is 28.1 Å². The molecular formula is C29H30N6O2. The number of aromatic amines is 1. The minimum Gasteiger partial charge on any atom is -0.497 e. The number of nitrogens with zero attached hydrogens (tertiary/aromatic N) is 5. The SMILES string of the molecule is COc1ccc(Cn2nnnc2CN(CCc2ccccc2)Cc2cc3ccc(C)cc3[nH]c2=O)cc1. The molecule has 0 aliphatic heterocycles. The minimum absolute atomic E-state index is 0.0689. The van der Waals surface area contributed by atoms with Gasteiger partial charge >= 0.3 is 0 Å². The number of hydrogen-bond donors (Lipinski definition) is 1. The highest BCUT2D eigenvalue weighted by atomic mass is 16.5. The van der Waals surface area contributed by atoms with E-state index in [0.29, 0.717) is 19.6 Å². The molecule has 0 atom stereocenters. The fraction of sp³-hybridized carbons (Fsp3) is 0.241. The normalized spacial score (nSPS) is 11.3. The summed E-state index contributed by atoms with van der Waals surface area (Å²) in [6, 6.07) is 26.3. The van der Waals surface area contributed by atoms with Crippen LogP contribution < -0.4 is 10.3 Å². The lowest BCUT2D eigenvalue weighted by molar-refractivity contribution is 0.248. The molecule has 0 radical (unpaired) electrons. The van der Waals surface area contributed by atoms with Crippen molar-refractivity contribution in [2.24, 2.45) is 0 Å². The Balaban J connectivity index is 1.38.